The molecule has 3 aromatic carbocycles. The average molecular weight is 569 g/mol. The van der Waals surface area contributed by atoms with Gasteiger partial charge >= 0.3 is 0 Å². The fourth-order valence-corrected chi connectivity index (χ4v) is 3.59. The van der Waals surface area contributed by atoms with Gasteiger partial charge in [-0.15, -0.1) is 6.42 Å². The zero-order valence-corrected chi connectivity index (χ0v) is 21.5. The highest BCUT2D eigenvalue weighted by molar-refractivity contribution is 9.10. The maximum Gasteiger partial charge on any atom is 0.262 e. The van der Waals surface area contributed by atoms with Crippen LogP contribution in [0.2, 0.25) is 5.02 Å². The van der Waals surface area contributed by atoms with E-state index in [0.717, 1.165) is 10.0 Å². The van der Waals surface area contributed by atoms with E-state index in [1.165, 1.54) is 6.21 Å². The summed E-state index contributed by atoms with van der Waals surface area (Å²) in [5.41, 5.74) is 3.97. The topological polar surface area (TPSA) is 89.0 Å². The van der Waals surface area contributed by atoms with Gasteiger partial charge in [0.25, 0.3) is 11.8 Å². The molecule has 0 heterocycles. The van der Waals surface area contributed by atoms with Gasteiger partial charge in [-0.25, -0.2) is 5.43 Å². The summed E-state index contributed by atoms with van der Waals surface area (Å²) in [4.78, 5) is 25.5. The van der Waals surface area contributed by atoms with Crippen molar-refractivity contribution in [2.75, 3.05) is 13.2 Å². The van der Waals surface area contributed by atoms with Gasteiger partial charge in [0.1, 0.15) is 24.1 Å². The predicted octanol–water partition coefficient (Wildman–Crippen LogP) is 4.37. The monoisotopic (exact) mass is 567 g/mol. The van der Waals surface area contributed by atoms with E-state index in [2.05, 4.69) is 37.7 Å². The Balaban J connectivity index is 1.66. The molecule has 1 atom stereocenters. The SMILES string of the molecule is C#CCOc1ccc(Br)cc1/C=N\NC(=O)[C@@H](Cc1ccccc1)NC(=O)COc1ccc(Cl)cc1. The van der Waals surface area contributed by atoms with Crippen LogP contribution in [0.25, 0.3) is 0 Å². The van der Waals surface area contributed by atoms with Crippen molar-refractivity contribution in [1.29, 1.82) is 0 Å². The number of rotatable bonds is 11. The second kappa shape index (κ2) is 13.9. The molecule has 3 aromatic rings. The number of hydrazone groups is 1. The minimum Gasteiger partial charge on any atom is -0.484 e. The Kier molecular flexibility index (Phi) is 10.4. The van der Waals surface area contributed by atoms with E-state index in [1.807, 2.05) is 30.3 Å². The number of amides is 2. The highest BCUT2D eigenvalue weighted by atomic mass is 79.9. The smallest absolute Gasteiger partial charge is 0.262 e. The van der Waals surface area contributed by atoms with Crippen molar-refractivity contribution in [3.05, 3.63) is 93.4 Å². The maximum atomic E-state index is 12.9. The zero-order chi connectivity index (χ0) is 25.8. The Morgan fingerprint density at radius 3 is 2.56 bits per heavy atom. The minimum atomic E-state index is -0.884. The van der Waals surface area contributed by atoms with Crippen molar-refractivity contribution in [2.45, 2.75) is 12.5 Å². The molecule has 36 heavy (non-hydrogen) atoms. The number of hydrogen-bond donors (Lipinski definition) is 2. The van der Waals surface area contributed by atoms with E-state index in [-0.39, 0.29) is 19.6 Å². The maximum absolute atomic E-state index is 12.9. The Hall–Kier alpha value is -3.80. The van der Waals surface area contributed by atoms with E-state index in [9.17, 15) is 9.59 Å². The Labute approximate surface area is 223 Å². The summed E-state index contributed by atoms with van der Waals surface area (Å²) in [6.07, 6.45) is 6.98. The van der Waals surface area contributed by atoms with E-state index < -0.39 is 17.9 Å². The molecule has 0 unspecified atom stereocenters. The third-order valence-electron chi connectivity index (χ3n) is 4.78. The number of hydrogen-bond acceptors (Lipinski definition) is 5. The number of terminal acetylenes is 1. The lowest BCUT2D eigenvalue weighted by Gasteiger charge is -2.17. The molecule has 9 heteroatoms. The largest absolute Gasteiger partial charge is 0.484 e. The molecule has 0 aromatic heterocycles. The minimum absolute atomic E-state index is 0.0953. The first-order valence-corrected chi connectivity index (χ1v) is 12.0. The third kappa shape index (κ3) is 8.77. The molecule has 0 radical (unpaired) electrons. The van der Waals surface area contributed by atoms with Gasteiger partial charge < -0.3 is 14.8 Å². The van der Waals surface area contributed by atoms with Crippen LogP contribution in [-0.4, -0.2) is 37.3 Å². The molecular formula is C27H23BrClN3O4. The Morgan fingerprint density at radius 1 is 1.08 bits per heavy atom. The lowest BCUT2D eigenvalue weighted by Crippen LogP contribution is -2.48. The molecule has 7 nitrogen and oxygen atoms in total. The molecule has 0 aliphatic heterocycles. The first kappa shape index (κ1) is 26.8. The van der Waals surface area contributed by atoms with Crippen molar-refractivity contribution < 1.29 is 19.1 Å². The standard InChI is InChI=1S/C27H23BrClN3O4/c1-2-14-35-25-13-8-21(28)16-20(25)17-30-32-27(34)24(15-19-6-4-3-5-7-19)31-26(33)18-36-23-11-9-22(29)10-12-23/h1,3-13,16-17,24H,14-15,18H2,(H,31,33)(H,32,34)/b30-17-/t24-/m1/s1. The van der Waals surface area contributed by atoms with Crippen LogP contribution < -0.4 is 20.2 Å². The van der Waals surface area contributed by atoms with Crippen LogP contribution in [0.5, 0.6) is 11.5 Å². The van der Waals surface area contributed by atoms with Gasteiger partial charge in [-0.2, -0.15) is 5.10 Å². The number of carbonyl (C=O) groups excluding carboxylic acids is 2. The van der Waals surface area contributed by atoms with Crippen LogP contribution in [0.15, 0.2) is 82.4 Å². The fourth-order valence-electron chi connectivity index (χ4n) is 3.09. The molecule has 3 rings (SSSR count). The summed E-state index contributed by atoms with van der Waals surface area (Å²) in [7, 11) is 0. The Morgan fingerprint density at radius 2 is 1.83 bits per heavy atom. The van der Waals surface area contributed by atoms with Crippen molar-refractivity contribution in [3.8, 4) is 23.8 Å². The number of benzene rings is 3. The van der Waals surface area contributed by atoms with E-state index >= 15 is 0 Å². The van der Waals surface area contributed by atoms with Crippen LogP contribution in [0.4, 0.5) is 0 Å². The van der Waals surface area contributed by atoms with Gasteiger partial charge in [0, 0.05) is 21.5 Å². The van der Waals surface area contributed by atoms with Crippen LogP contribution in [0, 0.1) is 12.3 Å². The van der Waals surface area contributed by atoms with Crippen molar-refractivity contribution in [2.24, 2.45) is 5.10 Å². The molecule has 0 aliphatic carbocycles. The quantitative estimate of drug-likeness (QED) is 0.204. The summed E-state index contributed by atoms with van der Waals surface area (Å²) >= 11 is 9.26. The second-order valence-corrected chi connectivity index (χ2v) is 8.81. The predicted molar refractivity (Wildman–Crippen MR) is 143 cm³/mol. The summed E-state index contributed by atoms with van der Waals surface area (Å²) < 4.78 is 11.8. The van der Waals surface area contributed by atoms with E-state index in [4.69, 9.17) is 27.5 Å². The second-order valence-electron chi connectivity index (χ2n) is 7.46. The number of ether oxygens (including phenoxy) is 2. The first-order valence-electron chi connectivity index (χ1n) is 10.8. The van der Waals surface area contributed by atoms with Crippen LogP contribution in [0.1, 0.15) is 11.1 Å². The van der Waals surface area contributed by atoms with Crippen LogP contribution >= 0.6 is 27.5 Å². The highest BCUT2D eigenvalue weighted by Crippen LogP contribution is 2.21. The summed E-state index contributed by atoms with van der Waals surface area (Å²) in [6, 6.07) is 20.4. The van der Waals surface area contributed by atoms with Crippen molar-refractivity contribution in [1.82, 2.24) is 10.7 Å². The van der Waals surface area contributed by atoms with Gasteiger partial charge in [0.15, 0.2) is 6.61 Å². The third-order valence-corrected chi connectivity index (χ3v) is 5.52. The molecule has 184 valence electrons. The first-order chi connectivity index (χ1) is 17.4. The van der Waals surface area contributed by atoms with Gasteiger partial charge in [0.05, 0.1) is 6.21 Å². The molecule has 0 saturated heterocycles. The number of nitrogens with one attached hydrogen (secondary N) is 2. The molecular weight excluding hydrogens is 546 g/mol. The molecule has 0 fully saturated rings. The molecule has 0 spiro atoms. The Bertz CT molecular complexity index is 1240. The summed E-state index contributed by atoms with van der Waals surface area (Å²) in [6.45, 7) is -0.171. The van der Waals surface area contributed by atoms with E-state index in [1.54, 1.807) is 42.5 Å². The molecule has 0 aliphatic rings. The lowest BCUT2D eigenvalue weighted by molar-refractivity contribution is -0.130. The molecule has 2 amide bonds. The van der Waals surface area contributed by atoms with E-state index in [0.29, 0.717) is 22.1 Å². The van der Waals surface area contributed by atoms with Gasteiger partial charge in [-0.1, -0.05) is 63.8 Å². The number of carbonyl (C=O) groups is 2. The van der Waals surface area contributed by atoms with Gasteiger partial charge in [0.2, 0.25) is 0 Å². The number of halogens is 2. The summed E-state index contributed by atoms with van der Waals surface area (Å²) in [5, 5.41) is 7.32. The van der Waals surface area contributed by atoms with Crippen molar-refractivity contribution >= 4 is 45.6 Å². The lowest BCUT2D eigenvalue weighted by atomic mass is 10.1. The van der Waals surface area contributed by atoms with Gasteiger partial charge in [-0.3, -0.25) is 9.59 Å². The van der Waals surface area contributed by atoms with Gasteiger partial charge in [-0.05, 0) is 48.0 Å². The normalized spacial score (nSPS) is 11.4. The molecule has 2 N–H and O–H groups in total. The average Bonchev–Trinajstić information content (AvgIpc) is 2.88. The summed E-state index contributed by atoms with van der Waals surface area (Å²) in [5.74, 6) is 2.46. The highest BCUT2D eigenvalue weighted by Gasteiger charge is 2.21. The van der Waals surface area contributed by atoms with Crippen LogP contribution in [0.3, 0.4) is 0 Å². The molecule has 0 bridgehead atoms. The fraction of sp³-hybridized carbons (Fsp3) is 0.148. The molecule has 0 saturated carbocycles. The number of nitrogens with zero attached hydrogens (tertiary/aromatic N) is 1. The van der Waals surface area contributed by atoms with Crippen LogP contribution in [-0.2, 0) is 16.0 Å². The zero-order valence-electron chi connectivity index (χ0n) is 19.1. The van der Waals surface area contributed by atoms with Crippen molar-refractivity contribution in [3.63, 3.8) is 0 Å².